The van der Waals surface area contributed by atoms with Crippen LogP contribution in [0.4, 0.5) is 5.69 Å². The Morgan fingerprint density at radius 2 is 1.76 bits per heavy atom. The van der Waals surface area contributed by atoms with Gasteiger partial charge < -0.3 is 19.5 Å². The van der Waals surface area contributed by atoms with Crippen LogP contribution in [0.25, 0.3) is 5.69 Å². The summed E-state index contributed by atoms with van der Waals surface area (Å²) in [6.07, 6.45) is 6.97. The summed E-state index contributed by atoms with van der Waals surface area (Å²) in [5.41, 5.74) is 4.74. The van der Waals surface area contributed by atoms with Gasteiger partial charge in [-0.25, -0.2) is 0 Å². The van der Waals surface area contributed by atoms with E-state index in [1.165, 1.54) is 16.8 Å². The minimum Gasteiger partial charge on any atom is -0.384 e. The van der Waals surface area contributed by atoms with Crippen molar-refractivity contribution in [2.24, 2.45) is 0 Å². The van der Waals surface area contributed by atoms with E-state index < -0.39 is 5.60 Å². The molecule has 3 aromatic rings. The maximum absolute atomic E-state index is 10.1. The van der Waals surface area contributed by atoms with E-state index in [4.69, 9.17) is 0 Å². The first-order chi connectivity index (χ1) is 13.9. The molecule has 5 heteroatoms. The smallest absolute Gasteiger partial charge is 0.101 e. The number of aliphatic hydroxyl groups is 1. The average molecular weight is 391 g/mol. The van der Waals surface area contributed by atoms with Gasteiger partial charge in [-0.2, -0.15) is 0 Å². The summed E-state index contributed by atoms with van der Waals surface area (Å²) in [7, 11) is 2.19. The van der Waals surface area contributed by atoms with Gasteiger partial charge >= 0.3 is 0 Å². The second-order valence-corrected chi connectivity index (χ2v) is 8.48. The Hall–Kier alpha value is -2.63. The summed E-state index contributed by atoms with van der Waals surface area (Å²) in [5, 5.41) is 10.1. The molecule has 4 rings (SSSR count). The lowest BCUT2D eigenvalue weighted by molar-refractivity contribution is 0.0738. The molecule has 0 spiro atoms. The molecule has 0 atom stereocenters. The molecule has 1 saturated heterocycles. The Morgan fingerprint density at radius 3 is 2.45 bits per heavy atom. The third-order valence-electron chi connectivity index (χ3n) is 5.66. The molecule has 0 unspecified atom stereocenters. The van der Waals surface area contributed by atoms with Crippen molar-refractivity contribution >= 4 is 5.69 Å². The van der Waals surface area contributed by atoms with Crippen molar-refractivity contribution in [3.8, 4) is 5.69 Å². The van der Waals surface area contributed by atoms with Crippen molar-refractivity contribution in [2.75, 3.05) is 38.1 Å². The number of pyridine rings is 1. The molecular formula is C24H30N4O. The highest BCUT2D eigenvalue weighted by Crippen LogP contribution is 2.25. The zero-order valence-corrected chi connectivity index (χ0v) is 17.5. The predicted molar refractivity (Wildman–Crippen MR) is 118 cm³/mol. The molecule has 1 fully saturated rings. The van der Waals surface area contributed by atoms with Gasteiger partial charge in [0.05, 0.1) is 17.6 Å². The Kier molecular flexibility index (Phi) is 5.43. The van der Waals surface area contributed by atoms with Crippen molar-refractivity contribution < 1.29 is 5.11 Å². The fourth-order valence-corrected chi connectivity index (χ4v) is 3.84. The van der Waals surface area contributed by atoms with Crippen LogP contribution in [-0.4, -0.2) is 52.8 Å². The quantitative estimate of drug-likeness (QED) is 0.725. The maximum Gasteiger partial charge on any atom is 0.101 e. The molecule has 29 heavy (non-hydrogen) atoms. The van der Waals surface area contributed by atoms with Crippen LogP contribution in [0.5, 0.6) is 0 Å². The molecule has 152 valence electrons. The van der Waals surface area contributed by atoms with E-state index in [1.54, 1.807) is 13.8 Å². The van der Waals surface area contributed by atoms with Gasteiger partial charge in [-0.3, -0.25) is 4.98 Å². The molecular weight excluding hydrogens is 360 g/mol. The zero-order valence-electron chi connectivity index (χ0n) is 17.5. The third kappa shape index (κ3) is 4.52. The minimum atomic E-state index is -0.923. The summed E-state index contributed by atoms with van der Waals surface area (Å²) in [6, 6.07) is 14.8. The lowest BCUT2D eigenvalue weighted by Gasteiger charge is -2.35. The number of aromatic nitrogens is 2. The van der Waals surface area contributed by atoms with E-state index in [0.29, 0.717) is 5.69 Å². The normalized spacial score (nSPS) is 15.7. The van der Waals surface area contributed by atoms with E-state index >= 15 is 0 Å². The molecule has 1 aliphatic rings. The summed E-state index contributed by atoms with van der Waals surface area (Å²) < 4.78 is 2.09. The summed E-state index contributed by atoms with van der Waals surface area (Å²) >= 11 is 0. The van der Waals surface area contributed by atoms with Crippen LogP contribution in [0.1, 0.15) is 30.7 Å². The lowest BCUT2D eigenvalue weighted by Crippen LogP contribution is -2.44. The molecule has 0 radical (unpaired) electrons. The monoisotopic (exact) mass is 390 g/mol. The van der Waals surface area contributed by atoms with E-state index in [2.05, 4.69) is 69.1 Å². The molecule has 0 saturated carbocycles. The largest absolute Gasteiger partial charge is 0.384 e. The molecule has 1 N–H and O–H groups in total. The van der Waals surface area contributed by atoms with Crippen molar-refractivity contribution in [3.05, 3.63) is 77.9 Å². The third-order valence-corrected chi connectivity index (χ3v) is 5.66. The van der Waals surface area contributed by atoms with Crippen LogP contribution < -0.4 is 4.90 Å². The number of hydrogen-bond donors (Lipinski definition) is 1. The number of hydrogen-bond acceptors (Lipinski definition) is 4. The summed E-state index contributed by atoms with van der Waals surface area (Å²) in [6.45, 7) is 7.87. The predicted octanol–water partition coefficient (Wildman–Crippen LogP) is 3.44. The summed E-state index contributed by atoms with van der Waals surface area (Å²) in [5.74, 6) is 0. The van der Waals surface area contributed by atoms with E-state index in [-0.39, 0.29) is 0 Å². The van der Waals surface area contributed by atoms with Crippen LogP contribution in [0.3, 0.4) is 0 Å². The fourth-order valence-electron chi connectivity index (χ4n) is 3.84. The molecule has 0 bridgehead atoms. The van der Waals surface area contributed by atoms with Gasteiger partial charge in [0.15, 0.2) is 0 Å². The van der Waals surface area contributed by atoms with Crippen LogP contribution in [-0.2, 0) is 12.0 Å². The zero-order chi connectivity index (χ0) is 20.4. The van der Waals surface area contributed by atoms with Gasteiger partial charge in [0.25, 0.3) is 0 Å². The van der Waals surface area contributed by atoms with Crippen LogP contribution >= 0.6 is 0 Å². The van der Waals surface area contributed by atoms with Gasteiger partial charge in [0, 0.05) is 50.7 Å². The van der Waals surface area contributed by atoms with Crippen LogP contribution in [0, 0.1) is 0 Å². The number of rotatable bonds is 5. The fraction of sp³-hybridized carbons (Fsp3) is 0.375. The standard InChI is InChI=1S/C24H30N4O/c1-24(2,29)23-9-8-21(17-25-23)28-11-10-19(18-28)16-20-6-4-5-7-22(20)27-14-12-26(3)13-15-27/h4-11,17-18,29H,12-16H2,1-3H3. The van der Waals surface area contributed by atoms with Gasteiger partial charge in [-0.1, -0.05) is 18.2 Å². The Balaban J connectivity index is 1.51. The minimum absolute atomic E-state index is 0.676. The molecule has 0 aliphatic carbocycles. The first kappa shape index (κ1) is 19.7. The number of para-hydroxylation sites is 1. The molecule has 5 nitrogen and oxygen atoms in total. The molecule has 2 aromatic heterocycles. The number of likely N-dealkylation sites (N-methyl/N-ethyl adjacent to an activating group) is 1. The first-order valence-electron chi connectivity index (χ1n) is 10.3. The van der Waals surface area contributed by atoms with Gasteiger partial charge in [0.1, 0.15) is 5.60 Å². The average Bonchev–Trinajstić information content (AvgIpc) is 3.17. The van der Waals surface area contributed by atoms with Gasteiger partial charge in [-0.05, 0) is 56.3 Å². The number of benzene rings is 1. The molecule has 1 aliphatic heterocycles. The number of piperazine rings is 1. The lowest BCUT2D eigenvalue weighted by atomic mass is 10.0. The summed E-state index contributed by atoms with van der Waals surface area (Å²) in [4.78, 5) is 9.31. The van der Waals surface area contributed by atoms with Crippen molar-refractivity contribution in [1.29, 1.82) is 0 Å². The number of anilines is 1. The van der Waals surface area contributed by atoms with E-state index in [0.717, 1.165) is 38.3 Å². The topological polar surface area (TPSA) is 44.5 Å². The van der Waals surface area contributed by atoms with Crippen molar-refractivity contribution in [2.45, 2.75) is 25.9 Å². The second kappa shape index (κ2) is 8.01. The van der Waals surface area contributed by atoms with Crippen LogP contribution in [0.15, 0.2) is 61.1 Å². The van der Waals surface area contributed by atoms with Gasteiger partial charge in [0.2, 0.25) is 0 Å². The Labute approximate surface area is 173 Å². The Bertz CT molecular complexity index is 948. The molecule has 0 amide bonds. The second-order valence-electron chi connectivity index (χ2n) is 8.48. The molecule has 1 aromatic carbocycles. The molecule has 3 heterocycles. The van der Waals surface area contributed by atoms with Crippen LogP contribution in [0.2, 0.25) is 0 Å². The SMILES string of the molecule is CN1CCN(c2ccccc2Cc2ccn(-c3ccc(C(C)(C)O)nc3)c2)CC1. The maximum atomic E-state index is 10.1. The Morgan fingerprint density at radius 1 is 1.00 bits per heavy atom. The van der Waals surface area contributed by atoms with E-state index in [1.807, 2.05) is 18.3 Å². The van der Waals surface area contributed by atoms with Crippen molar-refractivity contribution in [3.63, 3.8) is 0 Å². The highest BCUT2D eigenvalue weighted by Gasteiger charge is 2.18. The highest BCUT2D eigenvalue weighted by atomic mass is 16.3. The van der Waals surface area contributed by atoms with Gasteiger partial charge in [-0.15, -0.1) is 0 Å². The number of nitrogens with zero attached hydrogens (tertiary/aromatic N) is 4. The van der Waals surface area contributed by atoms with Crippen molar-refractivity contribution in [1.82, 2.24) is 14.5 Å². The highest BCUT2D eigenvalue weighted by molar-refractivity contribution is 5.55. The first-order valence-corrected chi connectivity index (χ1v) is 10.3. The van der Waals surface area contributed by atoms with E-state index in [9.17, 15) is 5.11 Å².